The SMILES string of the molecule is CCc1ccc(C(=O)N2CC(n3cc(C(=O)O)nn3)C2)s1. The summed E-state index contributed by atoms with van der Waals surface area (Å²) in [5.74, 6) is -1.08. The lowest BCUT2D eigenvalue weighted by Crippen LogP contribution is -2.50. The van der Waals surface area contributed by atoms with E-state index in [9.17, 15) is 9.59 Å². The molecule has 1 N–H and O–H groups in total. The molecule has 2 aromatic heterocycles. The van der Waals surface area contributed by atoms with Crippen LogP contribution in [0, 0.1) is 0 Å². The van der Waals surface area contributed by atoms with Gasteiger partial charge >= 0.3 is 5.97 Å². The predicted octanol–water partition coefficient (Wildman–Crippen LogP) is 1.30. The quantitative estimate of drug-likeness (QED) is 0.919. The zero-order valence-corrected chi connectivity index (χ0v) is 12.2. The molecule has 0 aromatic carbocycles. The maximum Gasteiger partial charge on any atom is 0.358 e. The summed E-state index contributed by atoms with van der Waals surface area (Å²) in [5.41, 5.74) is -0.0781. The molecule has 0 aliphatic carbocycles. The van der Waals surface area contributed by atoms with Gasteiger partial charge < -0.3 is 10.0 Å². The van der Waals surface area contributed by atoms with Gasteiger partial charge in [-0.15, -0.1) is 16.4 Å². The molecule has 0 spiro atoms. The number of nitrogens with zero attached hydrogens (tertiary/aromatic N) is 4. The molecular formula is C13H14N4O3S. The molecule has 1 fully saturated rings. The van der Waals surface area contributed by atoms with E-state index in [1.807, 2.05) is 12.1 Å². The first kappa shape index (κ1) is 13.7. The van der Waals surface area contributed by atoms with E-state index in [1.165, 1.54) is 27.1 Å². The van der Waals surface area contributed by atoms with Gasteiger partial charge in [0, 0.05) is 18.0 Å². The van der Waals surface area contributed by atoms with Crippen LogP contribution in [0.1, 0.15) is 38.0 Å². The fourth-order valence-electron chi connectivity index (χ4n) is 2.18. The van der Waals surface area contributed by atoms with Gasteiger partial charge in [0.05, 0.1) is 17.1 Å². The second-order valence-corrected chi connectivity index (χ2v) is 6.04. The molecule has 3 heterocycles. The molecule has 0 unspecified atom stereocenters. The van der Waals surface area contributed by atoms with Gasteiger partial charge in [-0.05, 0) is 18.6 Å². The van der Waals surface area contributed by atoms with E-state index in [0.29, 0.717) is 13.1 Å². The first-order valence-corrected chi connectivity index (χ1v) is 7.43. The van der Waals surface area contributed by atoms with E-state index >= 15 is 0 Å². The molecular weight excluding hydrogens is 292 g/mol. The van der Waals surface area contributed by atoms with Gasteiger partial charge in [-0.1, -0.05) is 12.1 Å². The smallest absolute Gasteiger partial charge is 0.358 e. The molecule has 1 aliphatic heterocycles. The van der Waals surface area contributed by atoms with Crippen LogP contribution in [0.4, 0.5) is 0 Å². The minimum atomic E-state index is -1.10. The summed E-state index contributed by atoms with van der Waals surface area (Å²) in [4.78, 5) is 26.7. The number of carboxylic acid groups (broad SMARTS) is 1. The second-order valence-electron chi connectivity index (χ2n) is 4.87. The van der Waals surface area contributed by atoms with Gasteiger partial charge in [-0.3, -0.25) is 4.79 Å². The van der Waals surface area contributed by atoms with Crippen molar-refractivity contribution in [3.63, 3.8) is 0 Å². The van der Waals surface area contributed by atoms with Crippen molar-refractivity contribution >= 4 is 23.2 Å². The Kier molecular flexibility index (Phi) is 3.46. The fraction of sp³-hybridized carbons (Fsp3) is 0.385. The highest BCUT2D eigenvalue weighted by atomic mass is 32.1. The maximum absolute atomic E-state index is 12.2. The molecule has 0 saturated carbocycles. The number of likely N-dealkylation sites (tertiary alicyclic amines) is 1. The summed E-state index contributed by atoms with van der Waals surface area (Å²) in [6.45, 7) is 3.12. The summed E-state index contributed by atoms with van der Waals surface area (Å²) in [6.07, 6.45) is 2.33. The zero-order chi connectivity index (χ0) is 15.0. The Hall–Kier alpha value is -2.22. The Labute approximate surface area is 124 Å². The van der Waals surface area contributed by atoms with Crippen molar-refractivity contribution < 1.29 is 14.7 Å². The Morgan fingerprint density at radius 2 is 2.19 bits per heavy atom. The fourth-order valence-corrected chi connectivity index (χ4v) is 3.10. The van der Waals surface area contributed by atoms with E-state index in [4.69, 9.17) is 5.11 Å². The minimum absolute atomic E-state index is 0.000146. The second kappa shape index (κ2) is 5.28. The van der Waals surface area contributed by atoms with Crippen LogP contribution in [0.3, 0.4) is 0 Å². The van der Waals surface area contributed by atoms with Crippen molar-refractivity contribution in [1.82, 2.24) is 19.9 Å². The van der Waals surface area contributed by atoms with Crippen LogP contribution in [-0.4, -0.2) is 50.0 Å². The largest absolute Gasteiger partial charge is 0.476 e. The van der Waals surface area contributed by atoms with Crippen LogP contribution in [0.2, 0.25) is 0 Å². The Bertz CT molecular complexity index is 687. The van der Waals surface area contributed by atoms with Crippen molar-refractivity contribution in [1.29, 1.82) is 0 Å². The van der Waals surface area contributed by atoms with E-state index in [2.05, 4.69) is 17.2 Å². The molecule has 0 atom stereocenters. The highest BCUT2D eigenvalue weighted by Gasteiger charge is 2.34. The predicted molar refractivity (Wildman–Crippen MR) is 75.6 cm³/mol. The average Bonchev–Trinajstić information content (AvgIpc) is 3.05. The number of rotatable bonds is 4. The number of aryl methyl sites for hydroxylation is 1. The van der Waals surface area contributed by atoms with Crippen molar-refractivity contribution in [2.75, 3.05) is 13.1 Å². The number of thiophene rings is 1. The summed E-state index contributed by atoms with van der Waals surface area (Å²) < 4.78 is 1.51. The summed E-state index contributed by atoms with van der Waals surface area (Å²) in [6, 6.07) is 3.84. The number of amides is 1. The highest BCUT2D eigenvalue weighted by Crippen LogP contribution is 2.25. The van der Waals surface area contributed by atoms with E-state index < -0.39 is 5.97 Å². The molecule has 3 rings (SSSR count). The maximum atomic E-state index is 12.2. The Morgan fingerprint density at radius 3 is 2.76 bits per heavy atom. The lowest BCUT2D eigenvalue weighted by Gasteiger charge is -2.38. The summed E-state index contributed by atoms with van der Waals surface area (Å²) >= 11 is 1.52. The van der Waals surface area contributed by atoms with Crippen molar-refractivity contribution in [2.45, 2.75) is 19.4 Å². The Balaban J connectivity index is 1.62. The van der Waals surface area contributed by atoms with Gasteiger partial charge in [0.1, 0.15) is 0 Å². The molecule has 1 aliphatic rings. The third kappa shape index (κ3) is 2.54. The van der Waals surface area contributed by atoms with Gasteiger partial charge in [-0.25, -0.2) is 9.48 Å². The van der Waals surface area contributed by atoms with Crippen LogP contribution < -0.4 is 0 Å². The topological polar surface area (TPSA) is 88.3 Å². The van der Waals surface area contributed by atoms with Crippen LogP contribution in [0.25, 0.3) is 0 Å². The third-order valence-corrected chi connectivity index (χ3v) is 4.69. The lowest BCUT2D eigenvalue weighted by atomic mass is 10.1. The first-order valence-electron chi connectivity index (χ1n) is 6.61. The van der Waals surface area contributed by atoms with Gasteiger partial charge in [-0.2, -0.15) is 0 Å². The zero-order valence-electron chi connectivity index (χ0n) is 11.4. The van der Waals surface area contributed by atoms with Crippen LogP contribution in [0.15, 0.2) is 18.3 Å². The minimum Gasteiger partial charge on any atom is -0.476 e. The molecule has 21 heavy (non-hydrogen) atoms. The van der Waals surface area contributed by atoms with E-state index in [0.717, 1.165) is 11.3 Å². The molecule has 1 saturated heterocycles. The average molecular weight is 306 g/mol. The number of aromatic carboxylic acids is 1. The Morgan fingerprint density at radius 1 is 1.43 bits per heavy atom. The van der Waals surface area contributed by atoms with Crippen molar-refractivity contribution in [2.24, 2.45) is 0 Å². The third-order valence-electron chi connectivity index (χ3n) is 3.47. The first-order chi connectivity index (χ1) is 10.1. The van der Waals surface area contributed by atoms with E-state index in [1.54, 1.807) is 4.90 Å². The van der Waals surface area contributed by atoms with Crippen LogP contribution >= 0.6 is 11.3 Å². The molecule has 7 nitrogen and oxygen atoms in total. The summed E-state index contributed by atoms with van der Waals surface area (Å²) in [5, 5.41) is 16.2. The number of carbonyl (C=O) groups excluding carboxylic acids is 1. The molecule has 8 heteroatoms. The van der Waals surface area contributed by atoms with Crippen molar-refractivity contribution in [3.8, 4) is 0 Å². The van der Waals surface area contributed by atoms with Gasteiger partial charge in [0.15, 0.2) is 5.69 Å². The van der Waals surface area contributed by atoms with Crippen molar-refractivity contribution in [3.05, 3.63) is 33.8 Å². The number of aromatic nitrogens is 3. The number of hydrogen-bond donors (Lipinski definition) is 1. The lowest BCUT2D eigenvalue weighted by molar-refractivity contribution is 0.0502. The number of carbonyl (C=O) groups is 2. The highest BCUT2D eigenvalue weighted by molar-refractivity contribution is 7.14. The molecule has 0 bridgehead atoms. The molecule has 0 radical (unpaired) electrons. The normalized spacial score (nSPS) is 15.0. The number of carboxylic acids is 1. The van der Waals surface area contributed by atoms with Crippen LogP contribution in [-0.2, 0) is 6.42 Å². The molecule has 110 valence electrons. The van der Waals surface area contributed by atoms with Gasteiger partial charge in [0.2, 0.25) is 0 Å². The van der Waals surface area contributed by atoms with E-state index in [-0.39, 0.29) is 17.6 Å². The summed E-state index contributed by atoms with van der Waals surface area (Å²) in [7, 11) is 0. The van der Waals surface area contributed by atoms with Gasteiger partial charge in [0.25, 0.3) is 5.91 Å². The standard InChI is InChI=1S/C13H14N4O3S/c1-2-9-3-4-11(21-9)12(18)16-5-8(6-16)17-7-10(13(19)20)14-15-17/h3-4,7-8H,2,5-6H2,1H3,(H,19,20). The molecule has 2 aromatic rings. The number of hydrogen-bond acceptors (Lipinski definition) is 5. The van der Waals surface area contributed by atoms with Crippen LogP contribution in [0.5, 0.6) is 0 Å². The monoisotopic (exact) mass is 306 g/mol. The molecule has 1 amide bonds.